The highest BCUT2D eigenvalue weighted by molar-refractivity contribution is 5.74. The molecule has 2 atom stereocenters. The number of aliphatic carboxylic acids is 1. The Hall–Kier alpha value is -1.30. The molecule has 6 nitrogen and oxygen atoms in total. The summed E-state index contributed by atoms with van der Waals surface area (Å²) in [5.74, 6) is -0.785. The number of hydrogen-bond acceptors (Lipinski definition) is 3. The lowest BCUT2D eigenvalue weighted by atomic mass is 9.66. The van der Waals surface area contributed by atoms with Gasteiger partial charge in [-0.1, -0.05) is 6.42 Å². The first-order valence-electron chi connectivity index (χ1n) is 7.30. The van der Waals surface area contributed by atoms with Crippen LogP contribution in [-0.4, -0.2) is 53.8 Å². The second-order valence-corrected chi connectivity index (χ2v) is 6.25. The van der Waals surface area contributed by atoms with E-state index in [0.29, 0.717) is 19.6 Å². The van der Waals surface area contributed by atoms with Gasteiger partial charge in [-0.15, -0.1) is 0 Å². The maximum absolute atomic E-state index is 12.2. The fraction of sp³-hybridized carbons (Fsp3) is 0.857. The zero-order valence-electron chi connectivity index (χ0n) is 12.2. The molecule has 1 aliphatic heterocycles. The maximum Gasteiger partial charge on any atom is 0.317 e. The van der Waals surface area contributed by atoms with E-state index in [2.05, 4.69) is 5.32 Å². The van der Waals surface area contributed by atoms with Crippen molar-refractivity contribution in [2.45, 2.75) is 51.7 Å². The predicted octanol–water partition coefficient (Wildman–Crippen LogP) is 1.45. The first-order valence-corrected chi connectivity index (χ1v) is 7.30. The molecule has 0 bridgehead atoms. The van der Waals surface area contributed by atoms with E-state index in [1.54, 1.807) is 4.90 Å². The van der Waals surface area contributed by atoms with Gasteiger partial charge in [-0.05, 0) is 32.1 Å². The van der Waals surface area contributed by atoms with Crippen LogP contribution >= 0.6 is 0 Å². The third-order valence-corrected chi connectivity index (χ3v) is 4.26. The lowest BCUT2D eigenvalue weighted by Crippen LogP contribution is -2.54. The van der Waals surface area contributed by atoms with Gasteiger partial charge >= 0.3 is 12.0 Å². The molecular formula is C14H24N2O4. The lowest BCUT2D eigenvalue weighted by molar-refractivity contribution is -0.141. The molecule has 1 saturated carbocycles. The van der Waals surface area contributed by atoms with Gasteiger partial charge < -0.3 is 20.1 Å². The van der Waals surface area contributed by atoms with E-state index in [4.69, 9.17) is 9.84 Å². The summed E-state index contributed by atoms with van der Waals surface area (Å²) in [5, 5.41) is 11.9. The maximum atomic E-state index is 12.2. The Morgan fingerprint density at radius 2 is 1.90 bits per heavy atom. The normalized spacial score (nSPS) is 28.6. The van der Waals surface area contributed by atoms with Crippen molar-refractivity contribution in [1.29, 1.82) is 0 Å². The second kappa shape index (κ2) is 5.99. The monoisotopic (exact) mass is 284 g/mol. The first-order chi connectivity index (χ1) is 9.40. The van der Waals surface area contributed by atoms with Crippen molar-refractivity contribution in [2.75, 3.05) is 19.6 Å². The fourth-order valence-corrected chi connectivity index (χ4v) is 3.13. The number of carboxylic acid groups (broad SMARTS) is 1. The zero-order chi connectivity index (χ0) is 14.8. The average molecular weight is 284 g/mol. The zero-order valence-corrected chi connectivity index (χ0v) is 12.2. The van der Waals surface area contributed by atoms with Crippen LogP contribution in [0.3, 0.4) is 0 Å². The van der Waals surface area contributed by atoms with E-state index in [0.717, 1.165) is 19.3 Å². The van der Waals surface area contributed by atoms with Crippen LogP contribution in [0.25, 0.3) is 0 Å². The Labute approximate surface area is 119 Å². The molecule has 1 heterocycles. The molecule has 114 valence electrons. The van der Waals surface area contributed by atoms with Crippen LogP contribution in [0, 0.1) is 5.41 Å². The molecule has 1 saturated heterocycles. The van der Waals surface area contributed by atoms with E-state index in [1.807, 2.05) is 13.8 Å². The van der Waals surface area contributed by atoms with Crippen molar-refractivity contribution in [2.24, 2.45) is 5.41 Å². The molecule has 0 aromatic rings. The van der Waals surface area contributed by atoms with Crippen molar-refractivity contribution in [3.8, 4) is 0 Å². The Morgan fingerprint density at radius 1 is 1.30 bits per heavy atom. The van der Waals surface area contributed by atoms with E-state index in [9.17, 15) is 9.59 Å². The van der Waals surface area contributed by atoms with Crippen LogP contribution in [0.1, 0.15) is 39.5 Å². The lowest BCUT2D eigenvalue weighted by Gasteiger charge is -2.42. The Kier molecular flexibility index (Phi) is 4.52. The first kappa shape index (κ1) is 15.1. The number of hydrogen-bond donors (Lipinski definition) is 2. The van der Waals surface area contributed by atoms with Gasteiger partial charge in [0.1, 0.15) is 0 Å². The van der Waals surface area contributed by atoms with Gasteiger partial charge in [0.25, 0.3) is 0 Å². The molecule has 20 heavy (non-hydrogen) atoms. The van der Waals surface area contributed by atoms with Gasteiger partial charge in [-0.3, -0.25) is 4.79 Å². The van der Waals surface area contributed by atoms with Crippen molar-refractivity contribution in [3.05, 3.63) is 0 Å². The molecule has 0 aromatic carbocycles. The molecule has 0 unspecified atom stereocenters. The average Bonchev–Trinajstić information content (AvgIpc) is 2.30. The third kappa shape index (κ3) is 3.62. The molecule has 2 amide bonds. The molecule has 6 heteroatoms. The number of nitrogens with zero attached hydrogens (tertiary/aromatic N) is 1. The van der Waals surface area contributed by atoms with Crippen LogP contribution in [-0.2, 0) is 9.53 Å². The Balaban J connectivity index is 1.83. The van der Waals surface area contributed by atoms with Crippen molar-refractivity contribution in [3.63, 3.8) is 0 Å². The highest BCUT2D eigenvalue weighted by Crippen LogP contribution is 2.43. The third-order valence-electron chi connectivity index (χ3n) is 4.26. The molecule has 2 aliphatic rings. The van der Waals surface area contributed by atoms with Gasteiger partial charge in [-0.2, -0.15) is 0 Å². The molecule has 0 spiro atoms. The van der Waals surface area contributed by atoms with Gasteiger partial charge in [0.05, 0.1) is 18.6 Å². The molecule has 2 rings (SSSR count). The van der Waals surface area contributed by atoms with Crippen LogP contribution in [0.15, 0.2) is 0 Å². The molecule has 1 aliphatic carbocycles. The quantitative estimate of drug-likeness (QED) is 0.819. The van der Waals surface area contributed by atoms with Crippen LogP contribution in [0.2, 0.25) is 0 Å². The fourth-order valence-electron chi connectivity index (χ4n) is 3.13. The summed E-state index contributed by atoms with van der Waals surface area (Å²) in [7, 11) is 0. The minimum absolute atomic E-state index is 0.0428. The number of amides is 2. The summed E-state index contributed by atoms with van der Waals surface area (Å²) in [6, 6.07) is -0.108. The number of rotatable bonds is 4. The molecule has 2 fully saturated rings. The SMILES string of the molecule is C[C@@H]1CN(C(=O)NCC2(CC(=O)O)CCC2)C[C@H](C)O1. The molecule has 0 aromatic heterocycles. The highest BCUT2D eigenvalue weighted by Gasteiger charge is 2.39. The van der Waals surface area contributed by atoms with Crippen LogP contribution in [0.4, 0.5) is 4.79 Å². The number of carbonyl (C=O) groups excluding carboxylic acids is 1. The second-order valence-electron chi connectivity index (χ2n) is 6.25. The number of carbonyl (C=O) groups is 2. The van der Waals surface area contributed by atoms with Gasteiger partial charge in [0.15, 0.2) is 0 Å². The summed E-state index contributed by atoms with van der Waals surface area (Å²) in [5.41, 5.74) is -0.231. The predicted molar refractivity (Wildman–Crippen MR) is 73.5 cm³/mol. The summed E-state index contributed by atoms with van der Waals surface area (Å²) in [4.78, 5) is 24.8. The number of ether oxygens (including phenoxy) is 1. The van der Waals surface area contributed by atoms with E-state index in [1.165, 1.54) is 0 Å². The van der Waals surface area contributed by atoms with E-state index in [-0.39, 0.29) is 30.1 Å². The van der Waals surface area contributed by atoms with Crippen LogP contribution < -0.4 is 5.32 Å². The smallest absolute Gasteiger partial charge is 0.317 e. The Morgan fingerprint density at radius 3 is 2.35 bits per heavy atom. The summed E-state index contributed by atoms with van der Waals surface area (Å²) in [6.45, 7) is 5.53. The summed E-state index contributed by atoms with van der Waals surface area (Å²) < 4.78 is 5.60. The number of carboxylic acids is 1. The van der Waals surface area contributed by atoms with Crippen molar-refractivity contribution in [1.82, 2.24) is 10.2 Å². The largest absolute Gasteiger partial charge is 0.481 e. The minimum atomic E-state index is -0.785. The molecular weight excluding hydrogens is 260 g/mol. The summed E-state index contributed by atoms with van der Waals surface area (Å²) in [6.07, 6.45) is 3.05. The number of morpholine rings is 1. The van der Waals surface area contributed by atoms with Crippen molar-refractivity contribution < 1.29 is 19.4 Å². The minimum Gasteiger partial charge on any atom is -0.481 e. The Bertz CT molecular complexity index is 371. The van der Waals surface area contributed by atoms with Gasteiger partial charge in [0.2, 0.25) is 0 Å². The van der Waals surface area contributed by atoms with E-state index >= 15 is 0 Å². The van der Waals surface area contributed by atoms with Crippen molar-refractivity contribution >= 4 is 12.0 Å². The van der Waals surface area contributed by atoms with Gasteiger partial charge in [-0.25, -0.2) is 4.79 Å². The number of urea groups is 1. The standard InChI is InChI=1S/C14H24N2O4/c1-10-7-16(8-11(2)20-10)13(19)15-9-14(4-3-5-14)6-12(17)18/h10-11H,3-9H2,1-2H3,(H,15,19)(H,17,18)/t10-,11+. The number of nitrogens with one attached hydrogen (secondary N) is 1. The summed E-state index contributed by atoms with van der Waals surface area (Å²) >= 11 is 0. The van der Waals surface area contributed by atoms with Crippen LogP contribution in [0.5, 0.6) is 0 Å². The molecule has 2 N–H and O–H groups in total. The van der Waals surface area contributed by atoms with Gasteiger partial charge in [0, 0.05) is 19.6 Å². The molecule has 0 radical (unpaired) electrons. The highest BCUT2D eigenvalue weighted by atomic mass is 16.5. The van der Waals surface area contributed by atoms with E-state index < -0.39 is 5.97 Å². The topological polar surface area (TPSA) is 78.9 Å².